The van der Waals surface area contributed by atoms with Gasteiger partial charge < -0.3 is 0 Å². The Hall–Kier alpha value is -6.92. The monoisotopic (exact) mass is 670 g/mol. The Labute approximate surface area is 296 Å². The first kappa shape index (κ1) is 28.9. The van der Waals surface area contributed by atoms with E-state index in [2.05, 4.69) is 0 Å². The Bertz CT molecular complexity index is 2780. The Morgan fingerprint density at radius 1 is 0.308 bits per heavy atom. The van der Waals surface area contributed by atoms with Crippen LogP contribution in [-0.2, 0) is 13.1 Å². The van der Waals surface area contributed by atoms with Crippen LogP contribution in [0, 0.1) is 0 Å². The van der Waals surface area contributed by atoms with Gasteiger partial charge in [0.2, 0.25) is 0 Å². The van der Waals surface area contributed by atoms with Crippen molar-refractivity contribution in [3.05, 3.63) is 167 Å². The molecule has 52 heavy (non-hydrogen) atoms. The Kier molecular flexibility index (Phi) is 5.72. The van der Waals surface area contributed by atoms with Crippen LogP contribution in [0.25, 0.3) is 64.6 Å². The van der Waals surface area contributed by atoms with E-state index in [1.54, 1.807) is 0 Å². The van der Waals surface area contributed by atoms with Gasteiger partial charge in [0.1, 0.15) is 0 Å². The van der Waals surface area contributed by atoms with Gasteiger partial charge in [-0.15, -0.1) is 0 Å². The molecule has 2 aliphatic heterocycles. The van der Waals surface area contributed by atoms with Crippen molar-refractivity contribution in [3.8, 4) is 0 Å². The zero-order valence-electron chi connectivity index (χ0n) is 27.6. The van der Waals surface area contributed by atoms with E-state index in [0.717, 1.165) is 65.0 Å². The number of amides is 4. The van der Waals surface area contributed by atoms with E-state index in [1.165, 1.54) is 9.80 Å². The molecule has 0 saturated heterocycles. The summed E-state index contributed by atoms with van der Waals surface area (Å²) >= 11 is 0. The summed E-state index contributed by atoms with van der Waals surface area (Å²) in [6.45, 7) is 0.327. The third kappa shape index (κ3) is 3.73. The van der Waals surface area contributed by atoms with Gasteiger partial charge in [0.05, 0.1) is 13.1 Å². The van der Waals surface area contributed by atoms with Crippen molar-refractivity contribution in [2.24, 2.45) is 0 Å². The van der Waals surface area contributed by atoms with Crippen molar-refractivity contribution in [1.29, 1.82) is 0 Å². The van der Waals surface area contributed by atoms with E-state index in [4.69, 9.17) is 0 Å². The van der Waals surface area contributed by atoms with Gasteiger partial charge in [-0.3, -0.25) is 29.0 Å². The fourth-order valence-corrected chi connectivity index (χ4v) is 8.86. The second-order valence-corrected chi connectivity index (χ2v) is 13.8. The molecule has 0 aromatic heterocycles. The molecule has 4 amide bonds. The highest BCUT2D eigenvalue weighted by Gasteiger charge is 2.37. The SMILES string of the molecule is O=C1c2ccc3c4ccc5c6c(ccc(c7ccc(c2c37)C(=O)N1Cc1cccc2ccccc12)c64)C(=O)N(Cc1cccc2ccccc12)C5=O. The van der Waals surface area contributed by atoms with Gasteiger partial charge in [0.15, 0.2) is 0 Å². The number of benzene rings is 9. The van der Waals surface area contributed by atoms with Gasteiger partial charge in [0, 0.05) is 33.0 Å². The number of carbonyl (C=O) groups excluding carboxylic acids is 4. The largest absolute Gasteiger partial charge is 0.270 e. The van der Waals surface area contributed by atoms with E-state index < -0.39 is 0 Å². The quantitative estimate of drug-likeness (QED) is 0.106. The second kappa shape index (κ2) is 10.3. The minimum atomic E-state index is -0.326. The maximum absolute atomic E-state index is 14.2. The number of fused-ring (bicyclic) bond motifs is 4. The Morgan fingerprint density at radius 2 is 0.635 bits per heavy atom. The van der Waals surface area contributed by atoms with Crippen LogP contribution in [0.2, 0.25) is 0 Å². The van der Waals surface area contributed by atoms with Crippen LogP contribution in [0.1, 0.15) is 52.6 Å². The lowest BCUT2D eigenvalue weighted by atomic mass is 9.82. The summed E-state index contributed by atoms with van der Waals surface area (Å²) in [7, 11) is 0. The maximum atomic E-state index is 14.2. The van der Waals surface area contributed by atoms with Gasteiger partial charge in [-0.05, 0) is 89.3 Å². The van der Waals surface area contributed by atoms with Crippen molar-refractivity contribution in [2.45, 2.75) is 13.1 Å². The first-order chi connectivity index (χ1) is 25.5. The molecule has 2 heterocycles. The van der Waals surface area contributed by atoms with E-state index in [0.29, 0.717) is 33.0 Å². The highest BCUT2D eigenvalue weighted by atomic mass is 16.2. The lowest BCUT2D eigenvalue weighted by Crippen LogP contribution is -2.40. The van der Waals surface area contributed by atoms with Gasteiger partial charge in [-0.25, -0.2) is 0 Å². The standard InChI is InChI=1S/C46H26N2O4/c49-43-35-19-15-31-33-17-21-37-42-38(46(52)48(45(37)51)24-28-12-6-10-26-8-2-4-14-30(26)28)22-18-34(40(33)42)32-16-20-36(41(35)39(31)32)44(50)47(43)23-27-11-5-9-25-7-1-3-13-29(25)27/h1-22H,23-24H2. The summed E-state index contributed by atoms with van der Waals surface area (Å²) in [5.74, 6) is -1.30. The van der Waals surface area contributed by atoms with E-state index in [9.17, 15) is 19.2 Å². The third-order valence-electron chi connectivity index (χ3n) is 11.2. The van der Waals surface area contributed by atoms with E-state index in [-0.39, 0.29) is 36.7 Å². The average molecular weight is 671 g/mol. The minimum Gasteiger partial charge on any atom is -0.270 e. The van der Waals surface area contributed by atoms with E-state index >= 15 is 0 Å². The van der Waals surface area contributed by atoms with E-state index in [1.807, 2.05) is 133 Å². The van der Waals surface area contributed by atoms with Gasteiger partial charge in [-0.2, -0.15) is 0 Å². The van der Waals surface area contributed by atoms with Crippen molar-refractivity contribution in [1.82, 2.24) is 9.80 Å². The third-order valence-corrected chi connectivity index (χ3v) is 11.2. The summed E-state index contributed by atoms with van der Waals surface area (Å²) < 4.78 is 0. The molecule has 0 radical (unpaired) electrons. The van der Waals surface area contributed by atoms with Crippen LogP contribution in [0.5, 0.6) is 0 Å². The molecule has 0 saturated carbocycles. The number of hydrogen-bond acceptors (Lipinski definition) is 4. The predicted molar refractivity (Wildman–Crippen MR) is 204 cm³/mol. The predicted octanol–water partition coefficient (Wildman–Crippen LogP) is 9.64. The van der Waals surface area contributed by atoms with Crippen molar-refractivity contribution < 1.29 is 19.2 Å². The molecular formula is C46H26N2O4. The molecule has 6 nitrogen and oxygen atoms in total. The van der Waals surface area contributed by atoms with Gasteiger partial charge in [-0.1, -0.05) is 109 Å². The zero-order valence-corrected chi connectivity index (χ0v) is 27.6. The highest BCUT2D eigenvalue weighted by molar-refractivity contribution is 6.41. The second-order valence-electron chi connectivity index (χ2n) is 13.8. The summed E-state index contributed by atoms with van der Waals surface area (Å²) in [5.41, 5.74) is 3.75. The topological polar surface area (TPSA) is 74.8 Å². The summed E-state index contributed by atoms with van der Waals surface area (Å²) in [4.78, 5) is 59.5. The van der Waals surface area contributed by atoms with Crippen molar-refractivity contribution in [3.63, 3.8) is 0 Å². The maximum Gasteiger partial charge on any atom is 0.261 e. The first-order valence-electron chi connectivity index (χ1n) is 17.3. The lowest BCUT2D eigenvalue weighted by Gasteiger charge is -2.30. The smallest absolute Gasteiger partial charge is 0.261 e. The molecule has 9 aromatic rings. The van der Waals surface area contributed by atoms with Crippen LogP contribution in [0.4, 0.5) is 0 Å². The number of imide groups is 2. The first-order valence-corrected chi connectivity index (χ1v) is 17.3. The summed E-state index contributed by atoms with van der Waals surface area (Å²) in [5, 5.41) is 10.6. The molecule has 0 unspecified atom stereocenters. The number of hydrogen-bond donors (Lipinski definition) is 0. The molecule has 0 fully saturated rings. The highest BCUT2D eigenvalue weighted by Crippen LogP contribution is 2.46. The lowest BCUT2D eigenvalue weighted by molar-refractivity contribution is 0.0584. The van der Waals surface area contributed by atoms with Crippen LogP contribution in [-0.4, -0.2) is 33.4 Å². The molecule has 0 N–H and O–H groups in total. The zero-order chi connectivity index (χ0) is 34.8. The number of carbonyl (C=O) groups is 4. The van der Waals surface area contributed by atoms with Gasteiger partial charge in [0.25, 0.3) is 23.6 Å². The molecular weight excluding hydrogens is 645 g/mol. The van der Waals surface area contributed by atoms with Crippen LogP contribution in [0.3, 0.4) is 0 Å². The molecule has 6 heteroatoms. The fraction of sp³-hybridized carbons (Fsp3) is 0.0435. The average Bonchev–Trinajstić information content (AvgIpc) is 3.18. The Balaban J connectivity index is 1.06. The normalized spacial score (nSPS) is 14.4. The fourth-order valence-electron chi connectivity index (χ4n) is 8.86. The molecule has 2 aliphatic rings. The van der Waals surface area contributed by atoms with Crippen LogP contribution < -0.4 is 0 Å². The van der Waals surface area contributed by atoms with Crippen molar-refractivity contribution in [2.75, 3.05) is 0 Å². The molecule has 0 aliphatic carbocycles. The number of nitrogens with zero attached hydrogens (tertiary/aromatic N) is 2. The Morgan fingerprint density at radius 3 is 1.00 bits per heavy atom. The van der Waals surface area contributed by atoms with Crippen molar-refractivity contribution >= 4 is 88.3 Å². The van der Waals surface area contributed by atoms with Crippen LogP contribution >= 0.6 is 0 Å². The minimum absolute atomic E-state index is 0.163. The molecule has 9 aromatic carbocycles. The molecule has 0 bridgehead atoms. The molecule has 244 valence electrons. The van der Waals surface area contributed by atoms with Crippen LogP contribution in [0.15, 0.2) is 133 Å². The van der Waals surface area contributed by atoms with Gasteiger partial charge >= 0.3 is 0 Å². The summed E-state index contributed by atoms with van der Waals surface area (Å²) in [6.07, 6.45) is 0. The summed E-state index contributed by atoms with van der Waals surface area (Å²) in [6, 6.07) is 42.9. The number of rotatable bonds is 4. The molecule has 0 atom stereocenters. The molecule has 0 spiro atoms. The molecule has 11 rings (SSSR count).